The van der Waals surface area contributed by atoms with Gasteiger partial charge in [-0.3, -0.25) is 4.68 Å². The average molecular weight is 309 g/mol. The van der Waals surface area contributed by atoms with E-state index in [0.29, 0.717) is 0 Å². The van der Waals surface area contributed by atoms with E-state index in [9.17, 15) is 0 Å². The molecular weight excluding hydrogens is 286 g/mol. The molecule has 0 radical (unpaired) electrons. The van der Waals surface area contributed by atoms with Crippen LogP contribution >= 0.6 is 0 Å². The molecule has 0 atom stereocenters. The molecule has 0 aliphatic carbocycles. The lowest BCUT2D eigenvalue weighted by Gasteiger charge is -2.21. The monoisotopic (exact) mass is 309 g/mol. The van der Waals surface area contributed by atoms with Crippen LogP contribution in [0.3, 0.4) is 0 Å². The molecule has 0 aliphatic rings. The van der Waals surface area contributed by atoms with E-state index in [1.807, 2.05) is 18.7 Å². The quantitative estimate of drug-likeness (QED) is 0.777. The first-order valence-corrected chi connectivity index (χ1v) is 7.80. The van der Waals surface area contributed by atoms with Crippen molar-refractivity contribution in [3.63, 3.8) is 0 Å². The van der Waals surface area contributed by atoms with E-state index in [1.54, 1.807) is 6.33 Å². The molecule has 120 valence electrons. The van der Waals surface area contributed by atoms with E-state index in [0.717, 1.165) is 28.2 Å². The maximum Gasteiger partial charge on any atom is 0.160 e. The van der Waals surface area contributed by atoms with Crippen LogP contribution in [0.15, 0.2) is 24.5 Å². The van der Waals surface area contributed by atoms with Crippen LogP contribution in [-0.2, 0) is 12.5 Å². The van der Waals surface area contributed by atoms with E-state index in [-0.39, 0.29) is 5.41 Å². The molecule has 0 spiro atoms. The summed E-state index contributed by atoms with van der Waals surface area (Å²) in [5.74, 6) is 0.782. The molecule has 1 N–H and O–H groups in total. The number of aryl methyl sites for hydroxylation is 3. The summed E-state index contributed by atoms with van der Waals surface area (Å²) < 4.78 is 1.83. The zero-order valence-electron chi connectivity index (χ0n) is 14.6. The summed E-state index contributed by atoms with van der Waals surface area (Å²) in [6, 6.07) is 6.52. The Balaban J connectivity index is 2.03. The van der Waals surface area contributed by atoms with Gasteiger partial charge >= 0.3 is 0 Å². The van der Waals surface area contributed by atoms with Crippen molar-refractivity contribution < 1.29 is 0 Å². The topological polar surface area (TPSA) is 55.6 Å². The molecule has 0 fully saturated rings. The zero-order valence-corrected chi connectivity index (χ0v) is 14.6. The van der Waals surface area contributed by atoms with Gasteiger partial charge in [-0.1, -0.05) is 32.9 Å². The molecule has 0 bridgehead atoms. The number of benzene rings is 1. The van der Waals surface area contributed by atoms with Crippen LogP contribution in [0, 0.1) is 13.8 Å². The summed E-state index contributed by atoms with van der Waals surface area (Å²) in [4.78, 5) is 8.74. The molecule has 0 amide bonds. The lowest BCUT2D eigenvalue weighted by Crippen LogP contribution is -2.11. The van der Waals surface area contributed by atoms with Crippen molar-refractivity contribution in [2.45, 2.75) is 40.0 Å². The highest BCUT2D eigenvalue weighted by molar-refractivity contribution is 5.89. The van der Waals surface area contributed by atoms with Crippen molar-refractivity contribution in [3.8, 4) is 0 Å². The summed E-state index contributed by atoms with van der Waals surface area (Å²) in [6.45, 7) is 10.7. The molecule has 5 heteroatoms. The Kier molecular flexibility index (Phi) is 3.59. The predicted molar refractivity (Wildman–Crippen MR) is 94.2 cm³/mol. The Morgan fingerprint density at radius 1 is 1.09 bits per heavy atom. The van der Waals surface area contributed by atoms with Gasteiger partial charge < -0.3 is 5.32 Å². The molecule has 23 heavy (non-hydrogen) atoms. The second kappa shape index (κ2) is 5.33. The van der Waals surface area contributed by atoms with Crippen LogP contribution in [-0.4, -0.2) is 19.7 Å². The minimum Gasteiger partial charge on any atom is -0.338 e. The van der Waals surface area contributed by atoms with Gasteiger partial charge in [-0.05, 0) is 36.5 Å². The van der Waals surface area contributed by atoms with Gasteiger partial charge in [-0.25, -0.2) is 9.97 Å². The van der Waals surface area contributed by atoms with Gasteiger partial charge in [0, 0.05) is 12.7 Å². The number of fused-ring (bicyclic) bond motifs is 1. The SMILES string of the molecule is Cc1cc(C(C)(C)C)ccc1Nc1ncnc2c(C)nn(C)c12. The van der Waals surface area contributed by atoms with E-state index >= 15 is 0 Å². The molecule has 2 heterocycles. The van der Waals surface area contributed by atoms with Crippen molar-refractivity contribution in [1.29, 1.82) is 0 Å². The second-order valence-electron chi connectivity index (χ2n) is 7.03. The number of anilines is 2. The fourth-order valence-electron chi connectivity index (χ4n) is 2.76. The van der Waals surface area contributed by atoms with Crippen LogP contribution in [0.25, 0.3) is 11.0 Å². The average Bonchev–Trinajstić information content (AvgIpc) is 2.76. The van der Waals surface area contributed by atoms with E-state index in [4.69, 9.17) is 0 Å². The van der Waals surface area contributed by atoms with Crippen molar-refractivity contribution >= 4 is 22.5 Å². The summed E-state index contributed by atoms with van der Waals surface area (Å²) in [5, 5.41) is 7.87. The van der Waals surface area contributed by atoms with Crippen molar-refractivity contribution in [2.75, 3.05) is 5.32 Å². The fraction of sp³-hybridized carbons (Fsp3) is 0.389. The fourth-order valence-corrected chi connectivity index (χ4v) is 2.76. The molecule has 3 rings (SSSR count). The summed E-state index contributed by atoms with van der Waals surface area (Å²) in [5.41, 5.74) is 6.43. The van der Waals surface area contributed by atoms with Crippen molar-refractivity contribution in [2.24, 2.45) is 7.05 Å². The molecule has 5 nitrogen and oxygen atoms in total. The number of rotatable bonds is 2. The zero-order chi connectivity index (χ0) is 16.8. The first kappa shape index (κ1) is 15.5. The minimum atomic E-state index is 0.143. The van der Waals surface area contributed by atoms with E-state index < -0.39 is 0 Å². The highest BCUT2D eigenvalue weighted by atomic mass is 15.3. The molecule has 2 aromatic heterocycles. The smallest absolute Gasteiger partial charge is 0.160 e. The molecule has 3 aromatic rings. The van der Waals surface area contributed by atoms with Crippen molar-refractivity contribution in [3.05, 3.63) is 41.3 Å². The Bertz CT molecular complexity index is 871. The Morgan fingerprint density at radius 3 is 2.48 bits per heavy atom. The van der Waals surface area contributed by atoms with Gasteiger partial charge in [-0.2, -0.15) is 5.10 Å². The summed E-state index contributed by atoms with van der Waals surface area (Å²) in [6.07, 6.45) is 1.58. The number of hydrogen-bond acceptors (Lipinski definition) is 4. The van der Waals surface area contributed by atoms with E-state index in [2.05, 4.69) is 66.3 Å². The normalized spacial score (nSPS) is 11.9. The van der Waals surface area contributed by atoms with Gasteiger partial charge in [0.05, 0.1) is 5.69 Å². The lowest BCUT2D eigenvalue weighted by molar-refractivity contribution is 0.590. The van der Waals surface area contributed by atoms with Gasteiger partial charge in [0.1, 0.15) is 17.4 Å². The van der Waals surface area contributed by atoms with Crippen LogP contribution in [0.4, 0.5) is 11.5 Å². The van der Waals surface area contributed by atoms with Crippen LogP contribution in [0.1, 0.15) is 37.6 Å². The number of hydrogen-bond donors (Lipinski definition) is 1. The summed E-state index contributed by atoms with van der Waals surface area (Å²) in [7, 11) is 1.92. The highest BCUT2D eigenvalue weighted by Crippen LogP contribution is 2.29. The van der Waals surface area contributed by atoms with Crippen molar-refractivity contribution in [1.82, 2.24) is 19.7 Å². The first-order chi connectivity index (χ1) is 10.8. The maximum atomic E-state index is 4.44. The van der Waals surface area contributed by atoms with Gasteiger partial charge in [0.25, 0.3) is 0 Å². The summed E-state index contributed by atoms with van der Waals surface area (Å²) >= 11 is 0. The van der Waals surface area contributed by atoms with Crippen LogP contribution < -0.4 is 5.32 Å². The van der Waals surface area contributed by atoms with E-state index in [1.165, 1.54) is 11.1 Å². The lowest BCUT2D eigenvalue weighted by atomic mass is 9.86. The Hall–Kier alpha value is -2.43. The maximum absolute atomic E-state index is 4.44. The van der Waals surface area contributed by atoms with Gasteiger partial charge in [0.2, 0.25) is 0 Å². The van der Waals surface area contributed by atoms with Crippen LogP contribution in [0.2, 0.25) is 0 Å². The molecule has 0 saturated carbocycles. The third kappa shape index (κ3) is 2.79. The second-order valence-corrected chi connectivity index (χ2v) is 7.03. The first-order valence-electron chi connectivity index (χ1n) is 7.80. The minimum absolute atomic E-state index is 0.143. The molecule has 0 aliphatic heterocycles. The highest BCUT2D eigenvalue weighted by Gasteiger charge is 2.16. The largest absolute Gasteiger partial charge is 0.338 e. The molecular formula is C18H23N5. The number of aromatic nitrogens is 4. The standard InChI is InChI=1S/C18H23N5/c1-11-9-13(18(3,4)5)7-8-14(11)21-17-16-15(19-10-20-17)12(2)22-23(16)6/h7-10H,1-6H3,(H,19,20,21). The molecule has 0 saturated heterocycles. The third-order valence-corrected chi connectivity index (χ3v) is 4.13. The van der Waals surface area contributed by atoms with Gasteiger partial charge in [-0.15, -0.1) is 0 Å². The Morgan fingerprint density at radius 2 is 1.83 bits per heavy atom. The number of nitrogens with zero attached hydrogens (tertiary/aromatic N) is 4. The van der Waals surface area contributed by atoms with Crippen LogP contribution in [0.5, 0.6) is 0 Å². The third-order valence-electron chi connectivity index (χ3n) is 4.13. The number of nitrogens with one attached hydrogen (secondary N) is 1. The molecule has 0 unspecified atom stereocenters. The molecule has 1 aromatic carbocycles. The predicted octanol–water partition coefficient (Wildman–Crippen LogP) is 4.02. The Labute approximate surface area is 136 Å². The van der Waals surface area contributed by atoms with Gasteiger partial charge in [0.15, 0.2) is 5.82 Å².